The number of fused-ring (bicyclic) bond motifs is 1. The first-order valence-electron chi connectivity index (χ1n) is 10.5. The quantitative estimate of drug-likeness (QED) is 0.806. The highest BCUT2D eigenvalue weighted by Crippen LogP contribution is 2.35. The van der Waals surface area contributed by atoms with Crippen LogP contribution in [0.2, 0.25) is 0 Å². The van der Waals surface area contributed by atoms with Crippen LogP contribution in [0.3, 0.4) is 0 Å². The van der Waals surface area contributed by atoms with Crippen LogP contribution in [0.25, 0.3) is 0 Å². The van der Waals surface area contributed by atoms with Gasteiger partial charge in [-0.2, -0.15) is 0 Å². The molecule has 4 rings (SSSR count). The largest absolute Gasteiger partial charge is 0.353 e. The van der Waals surface area contributed by atoms with Gasteiger partial charge in [0.25, 0.3) is 0 Å². The Morgan fingerprint density at radius 2 is 1.61 bits per heavy atom. The molecule has 2 aromatic rings. The summed E-state index contributed by atoms with van der Waals surface area (Å²) in [5, 5.41) is 3.27. The standard InChI is InChI=1S/C24H31N3O/c1-26(19-20-9-3-2-4-10-20)24(17-21-11-5-6-12-22(21)18-24)23(28)25-13-16-27-14-7-8-15-27/h2-6,9-12H,7-8,13-19H2,1H3,(H,25,28). The van der Waals surface area contributed by atoms with Crippen LogP contribution in [0.4, 0.5) is 0 Å². The van der Waals surface area contributed by atoms with E-state index in [0.29, 0.717) is 0 Å². The minimum absolute atomic E-state index is 0.168. The lowest BCUT2D eigenvalue weighted by atomic mass is 9.91. The maximum atomic E-state index is 13.5. The summed E-state index contributed by atoms with van der Waals surface area (Å²) in [5.41, 5.74) is 3.34. The van der Waals surface area contributed by atoms with Gasteiger partial charge in [0.15, 0.2) is 0 Å². The molecule has 1 aliphatic carbocycles. The van der Waals surface area contributed by atoms with Crippen LogP contribution < -0.4 is 5.32 Å². The number of carbonyl (C=O) groups excluding carboxylic acids is 1. The topological polar surface area (TPSA) is 35.6 Å². The second-order valence-electron chi connectivity index (χ2n) is 8.30. The van der Waals surface area contributed by atoms with Crippen molar-refractivity contribution < 1.29 is 4.79 Å². The van der Waals surface area contributed by atoms with Crippen molar-refractivity contribution in [1.82, 2.24) is 15.1 Å². The van der Waals surface area contributed by atoms with E-state index < -0.39 is 5.54 Å². The minimum atomic E-state index is -0.509. The number of nitrogens with zero attached hydrogens (tertiary/aromatic N) is 2. The highest BCUT2D eigenvalue weighted by Gasteiger charge is 2.46. The summed E-state index contributed by atoms with van der Waals surface area (Å²) in [5.74, 6) is 0.168. The molecule has 1 fully saturated rings. The zero-order valence-electron chi connectivity index (χ0n) is 16.9. The van der Waals surface area contributed by atoms with Gasteiger partial charge in [0.2, 0.25) is 5.91 Å². The second-order valence-corrected chi connectivity index (χ2v) is 8.30. The third kappa shape index (κ3) is 3.98. The van der Waals surface area contributed by atoms with E-state index >= 15 is 0 Å². The Labute approximate surface area is 168 Å². The van der Waals surface area contributed by atoms with Crippen molar-refractivity contribution in [3.63, 3.8) is 0 Å². The third-order valence-corrected chi connectivity index (χ3v) is 6.41. The lowest BCUT2D eigenvalue weighted by Crippen LogP contribution is -2.58. The SMILES string of the molecule is CN(Cc1ccccc1)C1(C(=O)NCCN2CCCC2)Cc2ccccc2C1. The van der Waals surface area contributed by atoms with Gasteiger partial charge in [-0.25, -0.2) is 0 Å². The van der Waals surface area contributed by atoms with E-state index in [1.165, 1.54) is 42.6 Å². The van der Waals surface area contributed by atoms with Gasteiger partial charge in [0.05, 0.1) is 0 Å². The highest BCUT2D eigenvalue weighted by atomic mass is 16.2. The van der Waals surface area contributed by atoms with Crippen LogP contribution in [0.5, 0.6) is 0 Å². The van der Waals surface area contributed by atoms with Gasteiger partial charge in [-0.3, -0.25) is 9.69 Å². The van der Waals surface area contributed by atoms with Crippen LogP contribution in [-0.2, 0) is 24.2 Å². The maximum absolute atomic E-state index is 13.5. The molecule has 1 N–H and O–H groups in total. The summed E-state index contributed by atoms with van der Waals surface area (Å²) in [6, 6.07) is 18.9. The molecule has 148 valence electrons. The summed E-state index contributed by atoms with van der Waals surface area (Å²) in [6.45, 7) is 4.79. The molecule has 0 atom stereocenters. The van der Waals surface area contributed by atoms with Crippen LogP contribution >= 0.6 is 0 Å². The lowest BCUT2D eigenvalue weighted by molar-refractivity contribution is -0.132. The average Bonchev–Trinajstić information content (AvgIpc) is 3.37. The van der Waals surface area contributed by atoms with E-state index in [4.69, 9.17) is 0 Å². The number of nitrogens with one attached hydrogen (secondary N) is 1. The maximum Gasteiger partial charge on any atom is 0.241 e. The fourth-order valence-electron chi connectivity index (χ4n) is 4.71. The molecule has 1 aliphatic heterocycles. The van der Waals surface area contributed by atoms with Gasteiger partial charge in [0.1, 0.15) is 5.54 Å². The minimum Gasteiger partial charge on any atom is -0.353 e. The molecule has 0 unspecified atom stereocenters. The first-order valence-corrected chi connectivity index (χ1v) is 10.5. The Balaban J connectivity index is 1.49. The van der Waals surface area contributed by atoms with E-state index in [1.54, 1.807) is 0 Å². The molecule has 0 aromatic heterocycles. The van der Waals surface area contributed by atoms with Crippen molar-refractivity contribution in [1.29, 1.82) is 0 Å². The van der Waals surface area contributed by atoms with Gasteiger partial charge < -0.3 is 10.2 Å². The monoisotopic (exact) mass is 377 g/mol. The van der Waals surface area contributed by atoms with Crippen molar-refractivity contribution >= 4 is 5.91 Å². The summed E-state index contributed by atoms with van der Waals surface area (Å²) in [7, 11) is 2.10. The summed E-state index contributed by atoms with van der Waals surface area (Å²) >= 11 is 0. The van der Waals surface area contributed by atoms with Gasteiger partial charge in [-0.1, -0.05) is 54.6 Å². The van der Waals surface area contributed by atoms with Crippen LogP contribution in [-0.4, -0.2) is 54.5 Å². The van der Waals surface area contributed by atoms with Gasteiger partial charge in [-0.15, -0.1) is 0 Å². The number of hydrogen-bond acceptors (Lipinski definition) is 3. The van der Waals surface area contributed by atoms with Gasteiger partial charge in [-0.05, 0) is 49.7 Å². The predicted molar refractivity (Wildman–Crippen MR) is 113 cm³/mol. The fourth-order valence-corrected chi connectivity index (χ4v) is 4.71. The molecule has 2 aromatic carbocycles. The normalized spacial score (nSPS) is 18.4. The Morgan fingerprint density at radius 3 is 2.25 bits per heavy atom. The number of hydrogen-bond donors (Lipinski definition) is 1. The molecule has 1 heterocycles. The number of rotatable bonds is 7. The molecule has 0 bridgehead atoms. The molecule has 0 spiro atoms. The van der Waals surface area contributed by atoms with Crippen molar-refractivity contribution in [3.05, 3.63) is 71.3 Å². The first-order chi connectivity index (χ1) is 13.7. The zero-order valence-corrected chi connectivity index (χ0v) is 16.9. The van der Waals surface area contributed by atoms with E-state index in [-0.39, 0.29) is 5.91 Å². The molecule has 1 saturated heterocycles. The van der Waals surface area contributed by atoms with Crippen molar-refractivity contribution in [2.45, 2.75) is 37.8 Å². The number of carbonyl (C=O) groups is 1. The summed E-state index contributed by atoms with van der Waals surface area (Å²) in [4.78, 5) is 18.2. The molecule has 0 radical (unpaired) electrons. The zero-order chi connectivity index (χ0) is 19.4. The third-order valence-electron chi connectivity index (χ3n) is 6.41. The second kappa shape index (κ2) is 8.46. The number of likely N-dealkylation sites (N-methyl/N-ethyl adjacent to an activating group) is 1. The van der Waals surface area contributed by atoms with E-state index in [0.717, 1.165) is 32.5 Å². The van der Waals surface area contributed by atoms with Crippen molar-refractivity contribution in [2.24, 2.45) is 0 Å². The fraction of sp³-hybridized carbons (Fsp3) is 0.458. The molecule has 28 heavy (non-hydrogen) atoms. The number of likely N-dealkylation sites (tertiary alicyclic amines) is 1. The van der Waals surface area contributed by atoms with E-state index in [1.807, 2.05) is 6.07 Å². The number of benzene rings is 2. The Hall–Kier alpha value is -2.17. The van der Waals surface area contributed by atoms with Crippen LogP contribution in [0, 0.1) is 0 Å². The molecule has 4 heteroatoms. The van der Waals surface area contributed by atoms with Crippen molar-refractivity contribution in [2.75, 3.05) is 33.2 Å². The molecule has 1 amide bonds. The smallest absolute Gasteiger partial charge is 0.241 e. The Bertz CT molecular complexity index is 774. The molecule has 4 nitrogen and oxygen atoms in total. The van der Waals surface area contributed by atoms with E-state index in [9.17, 15) is 4.79 Å². The van der Waals surface area contributed by atoms with Crippen molar-refractivity contribution in [3.8, 4) is 0 Å². The Morgan fingerprint density at radius 1 is 1.00 bits per heavy atom. The highest BCUT2D eigenvalue weighted by molar-refractivity contribution is 5.88. The molecular formula is C24H31N3O. The molecule has 2 aliphatic rings. The average molecular weight is 378 g/mol. The number of amides is 1. The first kappa shape index (κ1) is 19.2. The summed E-state index contributed by atoms with van der Waals surface area (Å²) < 4.78 is 0. The van der Waals surface area contributed by atoms with E-state index in [2.05, 4.69) is 70.7 Å². The predicted octanol–water partition coefficient (Wildman–Crippen LogP) is 2.87. The van der Waals surface area contributed by atoms with Gasteiger partial charge in [0, 0.05) is 32.5 Å². The molecule has 0 saturated carbocycles. The molecular weight excluding hydrogens is 346 g/mol. The van der Waals surface area contributed by atoms with Crippen LogP contribution in [0.15, 0.2) is 54.6 Å². The van der Waals surface area contributed by atoms with Crippen LogP contribution in [0.1, 0.15) is 29.5 Å². The van der Waals surface area contributed by atoms with Gasteiger partial charge >= 0.3 is 0 Å². The Kier molecular flexibility index (Phi) is 5.79. The summed E-state index contributed by atoms with van der Waals surface area (Å²) in [6.07, 6.45) is 4.13. The lowest BCUT2D eigenvalue weighted by Gasteiger charge is -2.37.